The predicted octanol–water partition coefficient (Wildman–Crippen LogP) is 2.91. The molecule has 2 aromatic rings. The number of fused-ring (bicyclic) bond motifs is 5. The van der Waals surface area contributed by atoms with Crippen molar-refractivity contribution < 1.29 is 14.3 Å². The molecule has 7 heteroatoms. The van der Waals surface area contributed by atoms with Gasteiger partial charge in [0.2, 0.25) is 0 Å². The minimum Gasteiger partial charge on any atom is -0.480 e. The summed E-state index contributed by atoms with van der Waals surface area (Å²) in [5.74, 6) is -1.24. The Hall–Kier alpha value is -2.41. The van der Waals surface area contributed by atoms with E-state index in [1.165, 1.54) is 6.07 Å². The summed E-state index contributed by atoms with van der Waals surface area (Å²) in [4.78, 5) is 28.3. The van der Waals surface area contributed by atoms with Crippen molar-refractivity contribution in [2.75, 3.05) is 24.5 Å². The summed E-state index contributed by atoms with van der Waals surface area (Å²) in [6.07, 6.45) is 4.74. The average Bonchev–Trinajstić information content (AvgIpc) is 3.43. The maximum absolute atomic E-state index is 15.4. The number of halogens is 1. The van der Waals surface area contributed by atoms with Crippen LogP contribution in [0.25, 0.3) is 10.9 Å². The van der Waals surface area contributed by atoms with Crippen molar-refractivity contribution in [3.8, 4) is 0 Å². The lowest BCUT2D eigenvalue weighted by molar-refractivity contribution is -0.138. The number of rotatable bonds is 4. The molecule has 1 saturated heterocycles. The number of hydrogen-bond acceptors (Lipinski definition) is 4. The number of carboxylic acid groups (broad SMARTS) is 1. The number of carbonyl (C=O) groups is 1. The molecule has 1 aromatic carbocycles. The Morgan fingerprint density at radius 3 is 2.72 bits per heavy atom. The van der Waals surface area contributed by atoms with E-state index in [-0.39, 0.29) is 23.8 Å². The van der Waals surface area contributed by atoms with Gasteiger partial charge in [0.05, 0.1) is 17.7 Å². The van der Waals surface area contributed by atoms with Crippen molar-refractivity contribution in [1.82, 2.24) is 9.47 Å². The van der Waals surface area contributed by atoms with Crippen molar-refractivity contribution in [3.05, 3.63) is 39.4 Å². The molecule has 3 aliphatic rings. The number of nitrogens with zero attached hydrogens (tertiary/aromatic N) is 3. The second-order valence-corrected chi connectivity index (χ2v) is 8.59. The Bertz CT molecular complexity index is 1060. The molecule has 2 aliphatic heterocycles. The molecule has 1 N–H and O–H groups in total. The number of aromatic nitrogens is 1. The lowest BCUT2D eigenvalue weighted by Crippen LogP contribution is -2.39. The molecule has 6 nitrogen and oxygen atoms in total. The van der Waals surface area contributed by atoms with Crippen molar-refractivity contribution in [3.63, 3.8) is 0 Å². The third-order valence-corrected chi connectivity index (χ3v) is 6.59. The van der Waals surface area contributed by atoms with Crippen LogP contribution in [0, 0.1) is 5.82 Å². The molecule has 0 radical (unpaired) electrons. The van der Waals surface area contributed by atoms with E-state index in [1.54, 1.807) is 6.07 Å². The van der Waals surface area contributed by atoms with Gasteiger partial charge in [-0.15, -0.1) is 0 Å². The highest BCUT2D eigenvalue weighted by Crippen LogP contribution is 2.43. The van der Waals surface area contributed by atoms with Gasteiger partial charge in [0.1, 0.15) is 5.82 Å². The van der Waals surface area contributed by atoms with Gasteiger partial charge in [0.15, 0.2) is 5.43 Å². The molecule has 1 aliphatic carbocycles. The van der Waals surface area contributed by atoms with Crippen LogP contribution in [0.5, 0.6) is 0 Å². The first-order valence-corrected chi connectivity index (χ1v) is 10.6. The van der Waals surface area contributed by atoms with Gasteiger partial charge in [-0.2, -0.15) is 0 Å². The van der Waals surface area contributed by atoms with E-state index in [0.29, 0.717) is 30.2 Å². The summed E-state index contributed by atoms with van der Waals surface area (Å²) in [6.45, 7) is 3.67. The number of benzene rings is 1. The molecule has 0 spiro atoms. The zero-order valence-corrected chi connectivity index (χ0v) is 16.7. The Morgan fingerprint density at radius 1 is 1.24 bits per heavy atom. The van der Waals surface area contributed by atoms with Crippen LogP contribution in [-0.4, -0.2) is 46.2 Å². The molecular weight excluding hydrogens is 373 g/mol. The van der Waals surface area contributed by atoms with Crippen LogP contribution in [0.15, 0.2) is 16.9 Å². The molecule has 154 valence electrons. The number of hydrogen-bond donors (Lipinski definition) is 1. The van der Waals surface area contributed by atoms with Crippen molar-refractivity contribution in [1.29, 1.82) is 0 Å². The maximum Gasteiger partial charge on any atom is 0.317 e. The van der Waals surface area contributed by atoms with Gasteiger partial charge in [0.25, 0.3) is 0 Å². The fourth-order valence-electron chi connectivity index (χ4n) is 5.29. The molecule has 5 rings (SSSR count). The van der Waals surface area contributed by atoms with Gasteiger partial charge in [-0.25, -0.2) is 4.39 Å². The molecular formula is C22H26FN3O3. The Labute approximate surface area is 168 Å². The number of carboxylic acids is 1. The van der Waals surface area contributed by atoms with Crippen LogP contribution >= 0.6 is 0 Å². The number of pyridine rings is 1. The highest BCUT2D eigenvalue weighted by Gasteiger charge is 2.37. The molecule has 3 heterocycles. The van der Waals surface area contributed by atoms with E-state index in [9.17, 15) is 14.7 Å². The molecule has 1 aromatic heterocycles. The Morgan fingerprint density at radius 2 is 2.03 bits per heavy atom. The first-order chi connectivity index (χ1) is 14.0. The minimum absolute atomic E-state index is 0.0804. The second kappa shape index (κ2) is 6.83. The third-order valence-electron chi connectivity index (χ3n) is 6.59. The Balaban J connectivity index is 1.83. The highest BCUT2D eigenvalue weighted by molar-refractivity contribution is 5.89. The zero-order valence-electron chi connectivity index (χ0n) is 16.7. The maximum atomic E-state index is 15.4. The molecule has 0 bridgehead atoms. The van der Waals surface area contributed by atoms with E-state index in [2.05, 4.69) is 9.47 Å². The lowest BCUT2D eigenvalue weighted by atomic mass is 10.0. The fourth-order valence-corrected chi connectivity index (χ4v) is 5.29. The zero-order chi connectivity index (χ0) is 20.3. The van der Waals surface area contributed by atoms with Gasteiger partial charge in [-0.3, -0.25) is 14.5 Å². The molecule has 0 amide bonds. The van der Waals surface area contributed by atoms with Crippen molar-refractivity contribution in [2.24, 2.45) is 0 Å². The van der Waals surface area contributed by atoms with Crippen LogP contribution in [0.4, 0.5) is 10.1 Å². The van der Waals surface area contributed by atoms with E-state index < -0.39 is 5.97 Å². The molecule has 1 atom stereocenters. The van der Waals surface area contributed by atoms with Crippen molar-refractivity contribution in [2.45, 2.75) is 57.7 Å². The summed E-state index contributed by atoms with van der Waals surface area (Å²) in [6, 6.07) is 3.51. The molecule has 2 fully saturated rings. The number of aliphatic carboxylic acids is 1. The van der Waals surface area contributed by atoms with Crippen molar-refractivity contribution >= 4 is 22.6 Å². The van der Waals surface area contributed by atoms with Gasteiger partial charge in [0, 0.05) is 54.4 Å². The smallest absolute Gasteiger partial charge is 0.317 e. The van der Waals surface area contributed by atoms with E-state index >= 15 is 4.39 Å². The monoisotopic (exact) mass is 399 g/mol. The van der Waals surface area contributed by atoms with Gasteiger partial charge >= 0.3 is 5.97 Å². The highest BCUT2D eigenvalue weighted by atomic mass is 19.1. The SMILES string of the molecule is CCc1cc(=O)c2cc(F)c3c(c2n1C1CC1)CN(CC(=O)O)CC1CCCN31. The van der Waals surface area contributed by atoms with Crippen LogP contribution in [0.1, 0.15) is 49.9 Å². The topological polar surface area (TPSA) is 65.8 Å². The third kappa shape index (κ3) is 3.03. The largest absolute Gasteiger partial charge is 0.480 e. The molecule has 29 heavy (non-hydrogen) atoms. The number of aryl methyl sites for hydroxylation is 1. The fraction of sp³-hybridized carbons (Fsp3) is 0.545. The average molecular weight is 399 g/mol. The summed E-state index contributed by atoms with van der Waals surface area (Å²) < 4.78 is 17.6. The summed E-state index contributed by atoms with van der Waals surface area (Å²) in [5, 5.41) is 9.82. The minimum atomic E-state index is -0.882. The normalized spacial score (nSPS) is 21.9. The molecule has 1 unspecified atom stereocenters. The predicted molar refractivity (Wildman–Crippen MR) is 109 cm³/mol. The van der Waals surface area contributed by atoms with Crippen LogP contribution < -0.4 is 10.3 Å². The Kier molecular flexibility index (Phi) is 4.38. The van der Waals surface area contributed by atoms with E-state index in [0.717, 1.165) is 55.4 Å². The summed E-state index contributed by atoms with van der Waals surface area (Å²) in [7, 11) is 0. The van der Waals surface area contributed by atoms with Crippen LogP contribution in [-0.2, 0) is 17.8 Å². The first kappa shape index (κ1) is 18.6. The van der Waals surface area contributed by atoms with E-state index in [1.807, 2.05) is 11.8 Å². The van der Waals surface area contributed by atoms with Gasteiger partial charge < -0.3 is 14.6 Å². The van der Waals surface area contributed by atoms with Gasteiger partial charge in [-0.05, 0) is 38.2 Å². The quantitative estimate of drug-likeness (QED) is 0.856. The molecule has 1 saturated carbocycles. The second-order valence-electron chi connectivity index (χ2n) is 8.59. The van der Waals surface area contributed by atoms with E-state index in [4.69, 9.17) is 0 Å². The van der Waals surface area contributed by atoms with Crippen LogP contribution in [0.3, 0.4) is 0 Å². The number of anilines is 1. The van der Waals surface area contributed by atoms with Gasteiger partial charge in [-0.1, -0.05) is 6.92 Å². The standard InChI is InChI=1S/C22H26FN3O3/c1-2-13-8-19(27)16-9-18(23)22-17(21(16)26(13)14-5-6-14)11-24(12-20(28)29)10-15-4-3-7-25(15)22/h8-9,14-15H,2-7,10-12H2,1H3,(H,28,29). The van der Waals surface area contributed by atoms with Crippen LogP contribution in [0.2, 0.25) is 0 Å². The summed E-state index contributed by atoms with van der Waals surface area (Å²) in [5.41, 5.74) is 3.00. The lowest BCUT2D eigenvalue weighted by Gasteiger charge is -2.28. The summed E-state index contributed by atoms with van der Waals surface area (Å²) >= 11 is 0. The first-order valence-electron chi connectivity index (χ1n) is 10.6.